The van der Waals surface area contributed by atoms with Gasteiger partial charge in [0, 0.05) is 24.2 Å². The highest BCUT2D eigenvalue weighted by molar-refractivity contribution is 5.24. The quantitative estimate of drug-likeness (QED) is 0.716. The van der Waals surface area contributed by atoms with Crippen LogP contribution in [0.4, 0.5) is 0 Å². The fourth-order valence-electron chi connectivity index (χ4n) is 2.29. The van der Waals surface area contributed by atoms with Gasteiger partial charge in [-0.25, -0.2) is 0 Å². The zero-order valence-corrected chi connectivity index (χ0v) is 8.50. The van der Waals surface area contributed by atoms with Crippen molar-refractivity contribution in [3.8, 4) is 0 Å². The highest BCUT2D eigenvalue weighted by atomic mass is 15.1. The largest absolute Gasteiger partial charge is 0.341 e. The Bertz CT molecular complexity index is 447. The average Bonchev–Trinajstić information content (AvgIpc) is 2.78. The molecule has 3 nitrogen and oxygen atoms in total. The van der Waals surface area contributed by atoms with E-state index in [4.69, 9.17) is 0 Å². The molecule has 0 amide bonds. The van der Waals surface area contributed by atoms with E-state index in [1.165, 1.54) is 11.3 Å². The number of hydrogen-bond donors (Lipinski definition) is 1. The van der Waals surface area contributed by atoms with Gasteiger partial charge in [0.15, 0.2) is 6.04 Å². The number of nitrogens with two attached hydrogens (primary N) is 1. The third kappa shape index (κ3) is 1.45. The van der Waals surface area contributed by atoms with Crippen molar-refractivity contribution in [3.63, 3.8) is 0 Å². The standard InChI is InChI=1S/C12H13N3/c1-2-11-12(10-3-5-13-6-4-10)14-7-9-15(11)8-1/h1-6,8,12,14H,7,9H2/p+1/t12-/m1/s1. The molecule has 3 heteroatoms. The van der Waals surface area contributed by atoms with Crippen molar-refractivity contribution in [2.75, 3.05) is 6.54 Å². The van der Waals surface area contributed by atoms with Crippen LogP contribution in [0.3, 0.4) is 0 Å². The van der Waals surface area contributed by atoms with Crippen molar-refractivity contribution in [2.45, 2.75) is 12.6 Å². The minimum absolute atomic E-state index is 0.441. The minimum atomic E-state index is 0.441. The molecule has 0 spiro atoms. The molecule has 0 saturated heterocycles. The molecular formula is C12H14N3+. The molecule has 1 aliphatic heterocycles. The van der Waals surface area contributed by atoms with Gasteiger partial charge in [-0.2, -0.15) is 0 Å². The van der Waals surface area contributed by atoms with E-state index in [0.717, 1.165) is 13.1 Å². The number of nitrogens with zero attached hydrogens (tertiary/aromatic N) is 2. The van der Waals surface area contributed by atoms with E-state index in [1.807, 2.05) is 12.4 Å². The smallest absolute Gasteiger partial charge is 0.153 e. The first-order valence-corrected chi connectivity index (χ1v) is 5.33. The number of rotatable bonds is 1. The van der Waals surface area contributed by atoms with Gasteiger partial charge in [-0.1, -0.05) is 0 Å². The van der Waals surface area contributed by atoms with Gasteiger partial charge in [-0.15, -0.1) is 0 Å². The van der Waals surface area contributed by atoms with Gasteiger partial charge < -0.3 is 9.88 Å². The zero-order chi connectivity index (χ0) is 10.1. The molecule has 0 radical (unpaired) electrons. The summed E-state index contributed by atoms with van der Waals surface area (Å²) in [5, 5.41) is 2.39. The molecule has 0 bridgehead atoms. The van der Waals surface area contributed by atoms with E-state index in [-0.39, 0.29) is 0 Å². The van der Waals surface area contributed by atoms with Gasteiger partial charge in [0.1, 0.15) is 0 Å². The molecule has 0 unspecified atom stereocenters. The summed E-state index contributed by atoms with van der Waals surface area (Å²) in [6.45, 7) is 2.26. The number of pyridine rings is 1. The summed E-state index contributed by atoms with van der Waals surface area (Å²) < 4.78 is 2.34. The summed E-state index contributed by atoms with van der Waals surface area (Å²) in [6, 6.07) is 8.98. The number of quaternary nitrogens is 1. The van der Waals surface area contributed by atoms with Crippen LogP contribution in [0.25, 0.3) is 0 Å². The Kier molecular flexibility index (Phi) is 2.03. The van der Waals surface area contributed by atoms with Gasteiger partial charge in [0.2, 0.25) is 0 Å². The predicted molar refractivity (Wildman–Crippen MR) is 57.3 cm³/mol. The van der Waals surface area contributed by atoms with Crippen molar-refractivity contribution < 1.29 is 5.32 Å². The van der Waals surface area contributed by atoms with Crippen molar-refractivity contribution >= 4 is 0 Å². The lowest BCUT2D eigenvalue weighted by molar-refractivity contribution is -0.693. The second kappa shape index (κ2) is 3.51. The maximum absolute atomic E-state index is 4.06. The van der Waals surface area contributed by atoms with Crippen LogP contribution in [0.15, 0.2) is 42.9 Å². The molecule has 1 aliphatic rings. The van der Waals surface area contributed by atoms with Gasteiger partial charge in [-0.05, 0) is 24.3 Å². The van der Waals surface area contributed by atoms with E-state index in [1.54, 1.807) is 0 Å². The molecule has 0 fully saturated rings. The first-order chi connectivity index (χ1) is 7.45. The average molecular weight is 200 g/mol. The van der Waals surface area contributed by atoms with Crippen molar-refractivity contribution in [1.82, 2.24) is 9.55 Å². The van der Waals surface area contributed by atoms with E-state index in [0.29, 0.717) is 6.04 Å². The molecule has 15 heavy (non-hydrogen) atoms. The summed E-state index contributed by atoms with van der Waals surface area (Å²) in [5.74, 6) is 0. The Balaban J connectivity index is 2.03. The number of aromatic nitrogens is 2. The SMILES string of the molecule is c1cc2n(c1)CC[NH2+][C@@H]2c1ccncc1. The van der Waals surface area contributed by atoms with Crippen LogP contribution in [0.2, 0.25) is 0 Å². The van der Waals surface area contributed by atoms with Gasteiger partial charge in [-0.3, -0.25) is 4.98 Å². The molecule has 1 atom stereocenters. The summed E-state index contributed by atoms with van der Waals surface area (Å²) in [4.78, 5) is 4.06. The summed E-state index contributed by atoms with van der Waals surface area (Å²) in [6.07, 6.45) is 5.90. The maximum Gasteiger partial charge on any atom is 0.153 e. The minimum Gasteiger partial charge on any atom is -0.341 e. The highest BCUT2D eigenvalue weighted by Gasteiger charge is 2.23. The molecule has 3 heterocycles. The second-order valence-corrected chi connectivity index (χ2v) is 3.91. The predicted octanol–water partition coefficient (Wildman–Crippen LogP) is 0.549. The molecule has 0 saturated carbocycles. The Morgan fingerprint density at radius 1 is 1.27 bits per heavy atom. The van der Waals surface area contributed by atoms with Crippen molar-refractivity contribution in [2.24, 2.45) is 0 Å². The third-order valence-corrected chi connectivity index (χ3v) is 3.02. The van der Waals surface area contributed by atoms with Crippen LogP contribution >= 0.6 is 0 Å². The molecule has 3 rings (SSSR count). The van der Waals surface area contributed by atoms with Gasteiger partial charge in [0.25, 0.3) is 0 Å². The Labute approximate surface area is 88.8 Å². The van der Waals surface area contributed by atoms with Crippen molar-refractivity contribution in [3.05, 3.63) is 54.1 Å². The molecule has 76 valence electrons. The normalized spacial score (nSPS) is 19.9. The molecule has 0 aliphatic carbocycles. The Morgan fingerprint density at radius 3 is 3.00 bits per heavy atom. The van der Waals surface area contributed by atoms with Gasteiger partial charge in [0.05, 0.1) is 18.8 Å². The maximum atomic E-state index is 4.06. The van der Waals surface area contributed by atoms with E-state index < -0.39 is 0 Å². The van der Waals surface area contributed by atoms with E-state index in [2.05, 4.69) is 45.3 Å². The Hall–Kier alpha value is -1.61. The van der Waals surface area contributed by atoms with Crippen LogP contribution in [0, 0.1) is 0 Å². The summed E-state index contributed by atoms with van der Waals surface area (Å²) in [5.41, 5.74) is 2.73. The van der Waals surface area contributed by atoms with Crippen LogP contribution in [-0.4, -0.2) is 16.1 Å². The Morgan fingerprint density at radius 2 is 2.13 bits per heavy atom. The van der Waals surface area contributed by atoms with Crippen molar-refractivity contribution in [1.29, 1.82) is 0 Å². The zero-order valence-electron chi connectivity index (χ0n) is 8.50. The van der Waals surface area contributed by atoms with Crippen LogP contribution in [0.5, 0.6) is 0 Å². The summed E-state index contributed by atoms with van der Waals surface area (Å²) in [7, 11) is 0. The van der Waals surface area contributed by atoms with E-state index in [9.17, 15) is 0 Å². The summed E-state index contributed by atoms with van der Waals surface area (Å²) >= 11 is 0. The van der Waals surface area contributed by atoms with Gasteiger partial charge >= 0.3 is 0 Å². The van der Waals surface area contributed by atoms with E-state index >= 15 is 0 Å². The second-order valence-electron chi connectivity index (χ2n) is 3.91. The van der Waals surface area contributed by atoms with Crippen LogP contribution in [-0.2, 0) is 6.54 Å². The molecule has 2 aromatic heterocycles. The first kappa shape index (κ1) is 8.68. The first-order valence-electron chi connectivity index (χ1n) is 5.33. The molecule has 2 N–H and O–H groups in total. The lowest BCUT2D eigenvalue weighted by atomic mass is 10.0. The lowest BCUT2D eigenvalue weighted by Crippen LogP contribution is -2.88. The lowest BCUT2D eigenvalue weighted by Gasteiger charge is -2.23. The topological polar surface area (TPSA) is 34.4 Å². The fraction of sp³-hybridized carbons (Fsp3) is 0.250. The highest BCUT2D eigenvalue weighted by Crippen LogP contribution is 2.19. The molecule has 0 aromatic carbocycles. The third-order valence-electron chi connectivity index (χ3n) is 3.02. The number of hydrogen-bond acceptors (Lipinski definition) is 1. The van der Waals surface area contributed by atoms with Crippen LogP contribution < -0.4 is 5.32 Å². The van der Waals surface area contributed by atoms with Crippen LogP contribution in [0.1, 0.15) is 17.3 Å². The fourth-order valence-corrected chi connectivity index (χ4v) is 2.29. The monoisotopic (exact) mass is 200 g/mol. The number of fused-ring (bicyclic) bond motifs is 1. The molecular weight excluding hydrogens is 186 g/mol. The molecule has 2 aromatic rings.